The molecule has 0 fully saturated rings. The fourth-order valence-corrected chi connectivity index (χ4v) is 2.66. The molecule has 0 spiro atoms. The first kappa shape index (κ1) is 15.9. The van der Waals surface area contributed by atoms with E-state index in [2.05, 4.69) is 9.98 Å². The van der Waals surface area contributed by atoms with Crippen LogP contribution in [0.1, 0.15) is 10.4 Å². The molecule has 24 heavy (non-hydrogen) atoms. The third-order valence-corrected chi connectivity index (χ3v) is 3.76. The van der Waals surface area contributed by atoms with E-state index >= 15 is 0 Å². The Kier molecular flexibility index (Phi) is 4.14. The highest BCUT2D eigenvalue weighted by Gasteiger charge is 2.15. The molecule has 1 amide bonds. The number of fused-ring (bicyclic) bond motifs is 1. The van der Waals surface area contributed by atoms with Crippen molar-refractivity contribution < 1.29 is 9.18 Å². The van der Waals surface area contributed by atoms with E-state index in [1.807, 2.05) is 0 Å². The number of nitrogens with two attached hydrogens (primary N) is 2. The summed E-state index contributed by atoms with van der Waals surface area (Å²) in [6, 6.07) is 11.0. The van der Waals surface area contributed by atoms with Crippen LogP contribution in [0.2, 0.25) is 5.02 Å². The van der Waals surface area contributed by atoms with Crippen molar-refractivity contribution in [3.63, 3.8) is 0 Å². The Bertz CT molecular complexity index is 963. The first-order valence-electron chi connectivity index (χ1n) is 6.94. The van der Waals surface area contributed by atoms with Gasteiger partial charge in [0.1, 0.15) is 5.82 Å². The summed E-state index contributed by atoms with van der Waals surface area (Å²) in [7, 11) is 0. The van der Waals surface area contributed by atoms with Crippen molar-refractivity contribution in [3.05, 3.63) is 65.1 Å². The van der Waals surface area contributed by atoms with Gasteiger partial charge in [0.25, 0.3) is 5.91 Å². The third-order valence-electron chi connectivity index (χ3n) is 3.44. The number of nitrogens with zero attached hydrogens (tertiary/aromatic N) is 2. The van der Waals surface area contributed by atoms with Gasteiger partial charge in [-0.1, -0.05) is 23.7 Å². The molecule has 2 aromatic carbocycles. The summed E-state index contributed by atoms with van der Waals surface area (Å²) in [5, 5.41) is 1.58. The number of rotatable bonds is 2. The van der Waals surface area contributed by atoms with Gasteiger partial charge in [-0.15, -0.1) is 0 Å². The lowest BCUT2D eigenvalue weighted by Gasteiger charge is -2.09. The van der Waals surface area contributed by atoms with Gasteiger partial charge in [0.15, 0.2) is 5.96 Å². The molecule has 0 atom stereocenters. The Hall–Kier alpha value is -2.99. The number of guanidine groups is 1. The van der Waals surface area contributed by atoms with Crippen LogP contribution in [-0.2, 0) is 0 Å². The summed E-state index contributed by atoms with van der Waals surface area (Å²) in [5.74, 6) is -1.42. The average Bonchev–Trinajstić information content (AvgIpc) is 2.53. The lowest BCUT2D eigenvalue weighted by Crippen LogP contribution is -2.24. The Morgan fingerprint density at radius 1 is 1.17 bits per heavy atom. The van der Waals surface area contributed by atoms with Gasteiger partial charge in [-0.3, -0.25) is 9.78 Å². The molecule has 1 heterocycles. The molecule has 1 aromatic heterocycles. The minimum atomic E-state index is -0.591. The molecular weight excluding hydrogens is 331 g/mol. The predicted molar refractivity (Wildman–Crippen MR) is 92.3 cm³/mol. The summed E-state index contributed by atoms with van der Waals surface area (Å²) in [5.41, 5.74) is 11.2. The van der Waals surface area contributed by atoms with Crippen LogP contribution < -0.4 is 11.5 Å². The number of aliphatic imine (C=N–C) groups is 1. The molecule has 7 heteroatoms. The fourth-order valence-electron chi connectivity index (χ4n) is 2.41. The van der Waals surface area contributed by atoms with Crippen molar-refractivity contribution in [2.24, 2.45) is 16.5 Å². The Labute approximate surface area is 141 Å². The van der Waals surface area contributed by atoms with Gasteiger partial charge in [0, 0.05) is 17.1 Å². The first-order valence-corrected chi connectivity index (χ1v) is 7.32. The fraction of sp³-hybridized carbons (Fsp3) is 0. The zero-order chi connectivity index (χ0) is 17.3. The van der Waals surface area contributed by atoms with E-state index in [1.165, 1.54) is 12.1 Å². The normalized spacial score (nSPS) is 10.6. The molecule has 0 aliphatic rings. The largest absolute Gasteiger partial charge is 0.370 e. The maximum Gasteiger partial charge on any atom is 0.280 e. The molecule has 0 aliphatic heterocycles. The first-order chi connectivity index (χ1) is 11.5. The molecule has 0 radical (unpaired) electrons. The molecular formula is C17H12ClFN4O. The molecule has 0 saturated heterocycles. The maximum atomic E-state index is 14.2. The summed E-state index contributed by atoms with van der Waals surface area (Å²) in [4.78, 5) is 19.8. The predicted octanol–water partition coefficient (Wildman–Crippen LogP) is 3.11. The van der Waals surface area contributed by atoms with Gasteiger partial charge in [0.2, 0.25) is 0 Å². The number of hydrogen-bond donors (Lipinski definition) is 2. The van der Waals surface area contributed by atoms with Crippen LogP contribution in [0.25, 0.3) is 22.0 Å². The number of carbonyl (C=O) groups is 1. The van der Waals surface area contributed by atoms with Crippen molar-refractivity contribution >= 4 is 34.2 Å². The molecule has 0 unspecified atom stereocenters. The van der Waals surface area contributed by atoms with E-state index < -0.39 is 11.7 Å². The van der Waals surface area contributed by atoms with Crippen LogP contribution in [0.4, 0.5) is 4.39 Å². The summed E-state index contributed by atoms with van der Waals surface area (Å²) < 4.78 is 14.2. The van der Waals surface area contributed by atoms with E-state index in [0.29, 0.717) is 11.1 Å². The topological polar surface area (TPSA) is 94.4 Å². The van der Waals surface area contributed by atoms with Crippen LogP contribution in [0.15, 0.2) is 53.7 Å². The summed E-state index contributed by atoms with van der Waals surface area (Å²) in [6.07, 6.45) is 1.55. The summed E-state index contributed by atoms with van der Waals surface area (Å²) >= 11 is 6.13. The minimum absolute atomic E-state index is 0.177. The molecule has 3 rings (SSSR count). The molecule has 3 aromatic rings. The molecule has 4 N–H and O–H groups in total. The van der Waals surface area contributed by atoms with Crippen molar-refractivity contribution in [1.29, 1.82) is 0 Å². The molecule has 120 valence electrons. The minimum Gasteiger partial charge on any atom is -0.370 e. The second kappa shape index (κ2) is 6.25. The van der Waals surface area contributed by atoms with Gasteiger partial charge in [-0.2, -0.15) is 4.99 Å². The van der Waals surface area contributed by atoms with Gasteiger partial charge in [-0.25, -0.2) is 4.39 Å². The van der Waals surface area contributed by atoms with E-state index in [0.717, 1.165) is 5.39 Å². The van der Waals surface area contributed by atoms with Crippen molar-refractivity contribution in [2.45, 2.75) is 0 Å². The Balaban J connectivity index is 2.26. The maximum absolute atomic E-state index is 14.2. The number of benzene rings is 2. The van der Waals surface area contributed by atoms with Crippen LogP contribution in [-0.4, -0.2) is 16.9 Å². The summed E-state index contributed by atoms with van der Waals surface area (Å²) in [6.45, 7) is 0. The molecule has 0 saturated carbocycles. The van der Waals surface area contributed by atoms with Crippen LogP contribution in [0, 0.1) is 5.82 Å². The highest BCUT2D eigenvalue weighted by Crippen LogP contribution is 2.34. The zero-order valence-electron chi connectivity index (χ0n) is 12.3. The van der Waals surface area contributed by atoms with E-state index in [1.54, 1.807) is 36.5 Å². The lowest BCUT2D eigenvalue weighted by molar-refractivity contribution is 0.100. The van der Waals surface area contributed by atoms with Gasteiger partial charge < -0.3 is 11.5 Å². The smallest absolute Gasteiger partial charge is 0.280 e. The molecule has 0 aliphatic carbocycles. The quantitative estimate of drug-likeness (QED) is 0.552. The van der Waals surface area contributed by atoms with E-state index in [4.69, 9.17) is 23.1 Å². The lowest BCUT2D eigenvalue weighted by atomic mass is 10.0. The number of aromatic nitrogens is 1. The van der Waals surface area contributed by atoms with Gasteiger partial charge >= 0.3 is 0 Å². The standard InChI is InChI=1S/C17H12ClFN4O/c18-12-2-1-3-13(19)14(12)15-11-8-10(16(24)23-17(20)21)5-4-9(11)6-7-22-15/h1-8H,(H4,20,21,23,24). The number of carbonyl (C=O) groups excluding carboxylic acids is 1. The molecule has 0 bridgehead atoms. The van der Waals surface area contributed by atoms with E-state index in [9.17, 15) is 9.18 Å². The van der Waals surface area contributed by atoms with E-state index in [-0.39, 0.29) is 22.1 Å². The van der Waals surface area contributed by atoms with Crippen molar-refractivity contribution in [2.75, 3.05) is 0 Å². The SMILES string of the molecule is NC(N)=NC(=O)c1ccc2ccnc(-c3c(F)cccc3Cl)c2c1. The van der Waals surface area contributed by atoms with Gasteiger partial charge in [0.05, 0.1) is 16.3 Å². The second-order valence-electron chi connectivity index (χ2n) is 5.03. The monoisotopic (exact) mass is 342 g/mol. The third kappa shape index (κ3) is 2.91. The van der Waals surface area contributed by atoms with Crippen LogP contribution in [0.3, 0.4) is 0 Å². The van der Waals surface area contributed by atoms with Crippen molar-refractivity contribution in [1.82, 2.24) is 4.98 Å². The zero-order valence-corrected chi connectivity index (χ0v) is 13.1. The average molecular weight is 343 g/mol. The van der Waals surface area contributed by atoms with Crippen molar-refractivity contribution in [3.8, 4) is 11.3 Å². The molecule has 5 nitrogen and oxygen atoms in total. The second-order valence-corrected chi connectivity index (χ2v) is 5.44. The Morgan fingerprint density at radius 3 is 2.67 bits per heavy atom. The Morgan fingerprint density at radius 2 is 1.96 bits per heavy atom. The van der Waals surface area contributed by atoms with Crippen LogP contribution in [0.5, 0.6) is 0 Å². The highest BCUT2D eigenvalue weighted by atomic mass is 35.5. The number of hydrogen-bond acceptors (Lipinski definition) is 2. The van der Waals surface area contributed by atoms with Gasteiger partial charge in [-0.05, 0) is 35.7 Å². The van der Waals surface area contributed by atoms with Crippen LogP contribution >= 0.6 is 11.6 Å². The number of pyridine rings is 1. The number of amides is 1. The number of halogens is 2. The highest BCUT2D eigenvalue weighted by molar-refractivity contribution is 6.33.